The molecule has 3 aromatic rings. The second-order valence-electron chi connectivity index (χ2n) is 13.0. The van der Waals surface area contributed by atoms with Gasteiger partial charge in [0.05, 0.1) is 16.6 Å². The van der Waals surface area contributed by atoms with Crippen LogP contribution < -0.4 is 4.90 Å². The lowest BCUT2D eigenvalue weighted by molar-refractivity contribution is -0.144. The summed E-state index contributed by atoms with van der Waals surface area (Å²) in [5.41, 5.74) is 1.80. The van der Waals surface area contributed by atoms with Crippen LogP contribution in [0.2, 0.25) is 0 Å². The number of rotatable bonds is 15. The molecular formula is C39H45N3O4S. The van der Waals surface area contributed by atoms with E-state index in [9.17, 15) is 19.5 Å². The normalized spacial score (nSPS) is 24.4. The highest BCUT2D eigenvalue weighted by Crippen LogP contribution is 2.66. The van der Waals surface area contributed by atoms with Crippen LogP contribution in [0, 0.1) is 11.8 Å². The van der Waals surface area contributed by atoms with Gasteiger partial charge in [0.2, 0.25) is 11.8 Å². The van der Waals surface area contributed by atoms with Crippen molar-refractivity contribution >= 4 is 45.9 Å². The Bertz CT molecular complexity index is 1630. The number of anilines is 1. The maximum atomic E-state index is 15.0. The minimum Gasteiger partial charge on any atom is -0.396 e. The van der Waals surface area contributed by atoms with Crippen LogP contribution in [0.4, 0.5) is 5.69 Å². The van der Waals surface area contributed by atoms with Gasteiger partial charge >= 0.3 is 0 Å². The molecule has 1 spiro atoms. The van der Waals surface area contributed by atoms with E-state index in [0.717, 1.165) is 54.1 Å². The number of thioether (sulfide) groups is 1. The molecular weight excluding hydrogens is 607 g/mol. The number of hydrogen-bond acceptors (Lipinski definition) is 5. The summed E-state index contributed by atoms with van der Waals surface area (Å²) in [7, 11) is 0. The van der Waals surface area contributed by atoms with Gasteiger partial charge in [-0.2, -0.15) is 0 Å². The number of carbonyl (C=O) groups is 3. The number of carbonyl (C=O) groups excluding carboxylic acids is 3. The number of hydrogen-bond donors (Lipinski definition) is 1. The van der Waals surface area contributed by atoms with E-state index in [2.05, 4.69) is 19.2 Å². The number of nitrogens with zero attached hydrogens (tertiary/aromatic N) is 3. The Morgan fingerprint density at radius 1 is 0.915 bits per heavy atom. The molecule has 3 aromatic carbocycles. The molecule has 0 radical (unpaired) electrons. The molecule has 2 unspecified atom stereocenters. The van der Waals surface area contributed by atoms with E-state index >= 15 is 0 Å². The van der Waals surface area contributed by atoms with Gasteiger partial charge in [-0.1, -0.05) is 85.7 Å². The summed E-state index contributed by atoms with van der Waals surface area (Å²) in [4.78, 5) is 49.5. The zero-order valence-corrected chi connectivity index (χ0v) is 27.8. The first-order chi connectivity index (χ1) is 22.9. The van der Waals surface area contributed by atoms with Crippen LogP contribution >= 0.6 is 11.8 Å². The summed E-state index contributed by atoms with van der Waals surface area (Å²) in [5.74, 6) is -1.27. The minimum atomic E-state index is -0.681. The largest absolute Gasteiger partial charge is 0.396 e. The standard InChI is InChI=1S/C39H45N3O4S/c1-3-22-40(27-28-14-8-7-9-15-28)36(44)33-32-20-21-39(47-32)34(33)37(45)42(24-12-5-6-13-25-43)35(39)38(46)41(23-4-2)31-19-18-29-16-10-11-17-30(29)26-31/h3-4,7-11,14-19,26,32-35,43H,1-2,5-6,12-13,20-25,27H2/t32-,33+,34+,35?,39?/m1/s1. The molecule has 6 rings (SSSR count). The topological polar surface area (TPSA) is 81.2 Å². The van der Waals surface area contributed by atoms with Crippen molar-refractivity contribution < 1.29 is 19.5 Å². The molecule has 0 aliphatic carbocycles. The van der Waals surface area contributed by atoms with Gasteiger partial charge in [-0.05, 0) is 54.2 Å². The van der Waals surface area contributed by atoms with E-state index in [4.69, 9.17) is 0 Å². The third-order valence-electron chi connectivity index (χ3n) is 10.1. The maximum Gasteiger partial charge on any atom is 0.251 e. The van der Waals surface area contributed by atoms with E-state index in [1.165, 1.54) is 0 Å². The molecule has 246 valence electrons. The van der Waals surface area contributed by atoms with E-state index in [-0.39, 0.29) is 29.6 Å². The molecule has 1 N–H and O–H groups in total. The fraction of sp³-hybridized carbons (Fsp3) is 0.410. The molecule has 3 heterocycles. The summed E-state index contributed by atoms with van der Waals surface area (Å²) in [6.45, 7) is 9.63. The molecule has 3 aliphatic heterocycles. The highest BCUT2D eigenvalue weighted by Gasteiger charge is 2.74. The molecule has 5 atom stereocenters. The lowest BCUT2D eigenvalue weighted by Gasteiger charge is -2.37. The third-order valence-corrected chi connectivity index (χ3v) is 12.1. The van der Waals surface area contributed by atoms with Crippen LogP contribution in [-0.2, 0) is 20.9 Å². The van der Waals surface area contributed by atoms with Crippen molar-refractivity contribution in [1.82, 2.24) is 9.80 Å². The summed E-state index contributed by atoms with van der Waals surface area (Å²) >= 11 is 1.71. The predicted molar refractivity (Wildman–Crippen MR) is 190 cm³/mol. The van der Waals surface area contributed by atoms with Gasteiger partial charge in [0.25, 0.3) is 5.91 Å². The lowest BCUT2D eigenvalue weighted by atomic mass is 9.70. The van der Waals surface area contributed by atoms with E-state index in [1.54, 1.807) is 28.8 Å². The maximum absolute atomic E-state index is 15.0. The number of likely N-dealkylation sites (tertiary alicyclic amines) is 1. The number of aliphatic hydroxyl groups excluding tert-OH is 1. The zero-order valence-electron chi connectivity index (χ0n) is 27.0. The summed E-state index contributed by atoms with van der Waals surface area (Å²) in [6, 6.07) is 23.3. The van der Waals surface area contributed by atoms with Gasteiger partial charge < -0.3 is 19.8 Å². The zero-order chi connectivity index (χ0) is 33.0. The van der Waals surface area contributed by atoms with Crippen LogP contribution in [0.15, 0.2) is 98.1 Å². The Kier molecular flexibility index (Phi) is 10.2. The highest BCUT2D eigenvalue weighted by molar-refractivity contribution is 8.02. The van der Waals surface area contributed by atoms with Crippen LogP contribution in [0.5, 0.6) is 0 Å². The molecule has 3 amide bonds. The summed E-state index contributed by atoms with van der Waals surface area (Å²) in [6.07, 6.45) is 8.16. The van der Waals surface area contributed by atoms with Gasteiger partial charge in [-0.25, -0.2) is 0 Å². The molecule has 0 aromatic heterocycles. The monoisotopic (exact) mass is 651 g/mol. The van der Waals surface area contributed by atoms with Crippen molar-refractivity contribution in [3.8, 4) is 0 Å². The highest BCUT2D eigenvalue weighted by atomic mass is 32.2. The van der Waals surface area contributed by atoms with E-state index in [1.807, 2.05) is 76.5 Å². The van der Waals surface area contributed by atoms with Crippen molar-refractivity contribution in [3.63, 3.8) is 0 Å². The number of aliphatic hydroxyl groups is 1. The molecule has 3 saturated heterocycles. The SMILES string of the molecule is C=CCN(Cc1ccccc1)C(=O)[C@@H]1[C@H]2C(=O)N(CCCCCCO)C(C(=O)N(CC=C)c3ccc4ccccc4c3)C23CC[C@H]1S3. The van der Waals surface area contributed by atoms with Crippen LogP contribution in [0.25, 0.3) is 10.8 Å². The van der Waals surface area contributed by atoms with E-state index < -0.39 is 22.6 Å². The fourth-order valence-corrected chi connectivity index (χ4v) is 10.3. The second kappa shape index (κ2) is 14.5. The summed E-state index contributed by atoms with van der Waals surface area (Å²) < 4.78 is -0.673. The summed E-state index contributed by atoms with van der Waals surface area (Å²) in [5, 5.41) is 11.4. The molecule has 3 aliphatic rings. The first kappa shape index (κ1) is 33.0. The van der Waals surface area contributed by atoms with Crippen molar-refractivity contribution in [3.05, 3.63) is 104 Å². The Morgan fingerprint density at radius 2 is 1.64 bits per heavy atom. The second-order valence-corrected chi connectivity index (χ2v) is 14.6. The lowest BCUT2D eigenvalue weighted by Crippen LogP contribution is -2.55. The molecule has 47 heavy (non-hydrogen) atoms. The molecule has 2 bridgehead atoms. The molecule has 0 saturated carbocycles. The van der Waals surface area contributed by atoms with Gasteiger partial charge in [0, 0.05) is 43.7 Å². The average molecular weight is 652 g/mol. The van der Waals surface area contributed by atoms with Gasteiger partial charge in [-0.15, -0.1) is 24.9 Å². The van der Waals surface area contributed by atoms with Gasteiger partial charge in [0.15, 0.2) is 0 Å². The first-order valence-electron chi connectivity index (χ1n) is 16.9. The smallest absolute Gasteiger partial charge is 0.251 e. The van der Waals surface area contributed by atoms with Crippen molar-refractivity contribution in [2.75, 3.05) is 31.1 Å². The Morgan fingerprint density at radius 3 is 2.38 bits per heavy atom. The average Bonchev–Trinajstić information content (AvgIpc) is 3.74. The van der Waals surface area contributed by atoms with Crippen molar-refractivity contribution in [2.45, 2.75) is 61.1 Å². The fourth-order valence-electron chi connectivity index (χ4n) is 8.05. The Labute approximate surface area is 282 Å². The quantitative estimate of drug-likeness (QED) is 0.156. The number of amides is 3. The molecule has 7 nitrogen and oxygen atoms in total. The number of unbranched alkanes of at least 4 members (excludes halogenated alkanes) is 3. The third kappa shape index (κ3) is 6.25. The number of fused-ring (bicyclic) bond motifs is 2. The Hall–Kier alpha value is -3.88. The van der Waals surface area contributed by atoms with Crippen molar-refractivity contribution in [2.24, 2.45) is 11.8 Å². The minimum absolute atomic E-state index is 0.0185. The first-order valence-corrected chi connectivity index (χ1v) is 17.8. The van der Waals surface area contributed by atoms with Crippen LogP contribution in [0.1, 0.15) is 44.1 Å². The predicted octanol–water partition coefficient (Wildman–Crippen LogP) is 6.22. The Balaban J connectivity index is 1.35. The molecule has 8 heteroatoms. The van der Waals surface area contributed by atoms with Crippen LogP contribution in [-0.4, -0.2) is 74.9 Å². The number of benzene rings is 3. The van der Waals surface area contributed by atoms with Gasteiger partial charge in [-0.3, -0.25) is 14.4 Å². The van der Waals surface area contributed by atoms with Gasteiger partial charge in [0.1, 0.15) is 6.04 Å². The van der Waals surface area contributed by atoms with E-state index in [0.29, 0.717) is 32.6 Å². The van der Waals surface area contributed by atoms with Crippen molar-refractivity contribution in [1.29, 1.82) is 0 Å². The van der Waals surface area contributed by atoms with Crippen LogP contribution in [0.3, 0.4) is 0 Å². The molecule has 3 fully saturated rings.